The molecule has 1 N–H and O–H groups in total. The van der Waals surface area contributed by atoms with Crippen molar-refractivity contribution in [2.24, 2.45) is 0 Å². The molecule has 4 nitrogen and oxygen atoms in total. The highest BCUT2D eigenvalue weighted by Gasteiger charge is 2.33. The van der Waals surface area contributed by atoms with Crippen LogP contribution in [0, 0.1) is 0 Å². The van der Waals surface area contributed by atoms with Crippen LogP contribution in [-0.2, 0) is 9.53 Å². The fourth-order valence-electron chi connectivity index (χ4n) is 3.16. The van der Waals surface area contributed by atoms with Gasteiger partial charge in [-0.3, -0.25) is 4.79 Å². The zero-order chi connectivity index (χ0) is 17.7. The van der Waals surface area contributed by atoms with Gasteiger partial charge in [0.05, 0.1) is 26.6 Å². The van der Waals surface area contributed by atoms with Gasteiger partial charge in [0.15, 0.2) is 0 Å². The molecule has 1 aliphatic heterocycles. The monoisotopic (exact) mass is 486 g/mol. The van der Waals surface area contributed by atoms with Crippen LogP contribution >= 0.6 is 11.6 Å². The fraction of sp³-hybridized carbons (Fsp3) is 0.350. The summed E-state index contributed by atoms with van der Waals surface area (Å²) in [5.74, 6) is 0.0556. The van der Waals surface area contributed by atoms with Crippen LogP contribution in [0.4, 0.5) is 5.69 Å². The number of anilines is 1. The first-order valence-electron chi connectivity index (χ1n) is 8.60. The summed E-state index contributed by atoms with van der Waals surface area (Å²) in [7, 11) is 2.20. The summed E-state index contributed by atoms with van der Waals surface area (Å²) in [4.78, 5) is 12.2. The molecule has 3 rings (SSSR count). The van der Waals surface area contributed by atoms with Crippen LogP contribution in [0.2, 0.25) is 5.02 Å². The molecule has 1 aliphatic rings. The van der Waals surface area contributed by atoms with Crippen molar-refractivity contribution in [3.05, 3.63) is 65.2 Å². The Labute approximate surface area is 177 Å². The topological polar surface area (TPSA) is 38.3 Å². The molecule has 26 heavy (non-hydrogen) atoms. The minimum atomic E-state index is 0. The second-order valence-electron chi connectivity index (χ2n) is 6.82. The molecule has 2 aromatic rings. The second kappa shape index (κ2) is 9.69. The molecule has 0 radical (unpaired) electrons. The zero-order valence-electron chi connectivity index (χ0n) is 14.8. The first kappa shape index (κ1) is 21.2. The molecule has 0 saturated carbocycles. The number of morpholine rings is 1. The molecule has 1 heterocycles. The lowest BCUT2D eigenvalue weighted by molar-refractivity contribution is -0.920. The van der Waals surface area contributed by atoms with E-state index in [1.165, 1.54) is 0 Å². The van der Waals surface area contributed by atoms with E-state index in [0.717, 1.165) is 40.4 Å². The molecule has 1 saturated heterocycles. The lowest BCUT2D eigenvalue weighted by atomic mass is 10.1. The van der Waals surface area contributed by atoms with Crippen LogP contribution in [0.1, 0.15) is 18.1 Å². The number of likely N-dealkylation sites (N-methyl/N-ethyl adjacent to an activating group) is 1. The molecule has 2 atom stereocenters. The summed E-state index contributed by atoms with van der Waals surface area (Å²) in [5, 5.41) is 3.68. The Hall–Kier alpha value is -1.15. The average Bonchev–Trinajstić information content (AvgIpc) is 2.62. The zero-order valence-corrected chi connectivity index (χ0v) is 17.7. The van der Waals surface area contributed by atoms with Gasteiger partial charge in [0, 0.05) is 10.7 Å². The van der Waals surface area contributed by atoms with Gasteiger partial charge in [0.25, 0.3) is 0 Å². The van der Waals surface area contributed by atoms with Gasteiger partial charge in [-0.1, -0.05) is 41.9 Å². The Kier molecular flexibility index (Phi) is 7.88. The van der Waals surface area contributed by atoms with Crippen molar-refractivity contribution in [3.63, 3.8) is 0 Å². The Balaban J connectivity index is 0.00000243. The highest BCUT2D eigenvalue weighted by atomic mass is 127. The standard InChI is InChI=1S/C20H23ClN2O2.HI/c1-23(12-11-20(24)22-18-5-3-2-4-6-18)13-14-25-19(15-23)16-7-9-17(21)10-8-16;/h2-10,19H,11-15H2,1H3;1H. The van der Waals surface area contributed by atoms with Gasteiger partial charge in [-0.05, 0) is 29.8 Å². The third-order valence-corrected chi connectivity index (χ3v) is 4.99. The molecule has 0 bridgehead atoms. The van der Waals surface area contributed by atoms with Crippen LogP contribution in [0.25, 0.3) is 0 Å². The van der Waals surface area contributed by atoms with E-state index < -0.39 is 0 Å². The number of halogens is 2. The maximum atomic E-state index is 12.2. The Bertz CT molecular complexity index is 712. The van der Waals surface area contributed by atoms with E-state index in [1.807, 2.05) is 54.6 Å². The molecule has 2 aromatic carbocycles. The highest BCUT2D eigenvalue weighted by molar-refractivity contribution is 6.30. The number of nitrogens with zero attached hydrogens (tertiary/aromatic N) is 1. The van der Waals surface area contributed by atoms with Gasteiger partial charge >= 0.3 is 0 Å². The predicted octanol–water partition coefficient (Wildman–Crippen LogP) is 0.891. The van der Waals surface area contributed by atoms with Gasteiger partial charge < -0.3 is 38.5 Å². The van der Waals surface area contributed by atoms with Gasteiger partial charge in [-0.2, -0.15) is 0 Å². The minimum Gasteiger partial charge on any atom is -1.00 e. The molecule has 140 valence electrons. The molecule has 1 fully saturated rings. The normalized spacial score (nSPS) is 22.3. The summed E-state index contributed by atoms with van der Waals surface area (Å²) < 4.78 is 6.77. The number of ether oxygens (including phenoxy) is 1. The minimum absolute atomic E-state index is 0. The third kappa shape index (κ3) is 5.94. The maximum Gasteiger partial charge on any atom is 0.230 e. The highest BCUT2D eigenvalue weighted by Crippen LogP contribution is 2.27. The van der Waals surface area contributed by atoms with Crippen molar-refractivity contribution in [2.75, 3.05) is 38.6 Å². The van der Waals surface area contributed by atoms with Gasteiger partial charge in [-0.25, -0.2) is 0 Å². The van der Waals surface area contributed by atoms with Crippen LogP contribution in [0.15, 0.2) is 54.6 Å². The predicted molar refractivity (Wildman–Crippen MR) is 101 cm³/mol. The van der Waals surface area contributed by atoms with Crippen LogP contribution < -0.4 is 29.3 Å². The van der Waals surface area contributed by atoms with Gasteiger partial charge in [-0.15, -0.1) is 0 Å². The smallest absolute Gasteiger partial charge is 0.230 e. The number of hydrogen-bond acceptors (Lipinski definition) is 2. The summed E-state index contributed by atoms with van der Waals surface area (Å²) >= 11 is 5.97. The molecule has 2 unspecified atom stereocenters. The number of amides is 1. The van der Waals surface area contributed by atoms with Crippen molar-refractivity contribution in [2.45, 2.75) is 12.5 Å². The first-order chi connectivity index (χ1) is 12.0. The SMILES string of the molecule is C[N+]1(CCC(=O)Nc2ccccc2)CCOC(c2ccc(Cl)cc2)C1.[I-]. The molecule has 0 aliphatic carbocycles. The Morgan fingerprint density at radius 2 is 1.88 bits per heavy atom. The first-order valence-corrected chi connectivity index (χ1v) is 8.97. The van der Waals surface area contributed by atoms with Crippen molar-refractivity contribution in [3.8, 4) is 0 Å². The quantitative estimate of drug-likeness (QED) is 0.504. The summed E-state index contributed by atoms with van der Waals surface area (Å²) in [6.07, 6.45) is 0.548. The fourth-order valence-corrected chi connectivity index (χ4v) is 3.28. The van der Waals surface area contributed by atoms with Crippen molar-refractivity contribution in [1.82, 2.24) is 0 Å². The van der Waals surface area contributed by atoms with Crippen LogP contribution in [0.3, 0.4) is 0 Å². The summed E-state index contributed by atoms with van der Waals surface area (Å²) in [5.41, 5.74) is 1.98. The molecule has 1 amide bonds. The number of benzene rings is 2. The number of para-hydroxylation sites is 1. The summed E-state index contributed by atoms with van der Waals surface area (Å²) in [6, 6.07) is 17.4. The van der Waals surface area contributed by atoms with E-state index in [-0.39, 0.29) is 36.0 Å². The van der Waals surface area contributed by atoms with Crippen molar-refractivity contribution < 1.29 is 38.0 Å². The second-order valence-corrected chi connectivity index (χ2v) is 7.26. The number of carbonyl (C=O) groups excluding carboxylic acids is 1. The number of hydrogen-bond donors (Lipinski definition) is 1. The number of carbonyl (C=O) groups is 1. The van der Waals surface area contributed by atoms with Crippen LogP contribution in [0.5, 0.6) is 0 Å². The largest absolute Gasteiger partial charge is 1.00 e. The summed E-state index contributed by atoms with van der Waals surface area (Å²) in [6.45, 7) is 3.28. The average molecular weight is 487 g/mol. The van der Waals surface area contributed by atoms with Gasteiger partial charge in [0.2, 0.25) is 5.91 Å². The number of rotatable bonds is 5. The molecule has 0 aromatic heterocycles. The van der Waals surface area contributed by atoms with E-state index in [2.05, 4.69) is 12.4 Å². The van der Waals surface area contributed by atoms with Gasteiger partial charge in [0.1, 0.15) is 19.2 Å². The van der Waals surface area contributed by atoms with E-state index in [4.69, 9.17) is 16.3 Å². The Morgan fingerprint density at radius 3 is 2.58 bits per heavy atom. The molecule has 0 spiro atoms. The van der Waals surface area contributed by atoms with Crippen molar-refractivity contribution in [1.29, 1.82) is 0 Å². The lowest BCUT2D eigenvalue weighted by Crippen LogP contribution is -3.00. The number of nitrogens with one attached hydrogen (secondary N) is 1. The number of quaternary nitrogens is 1. The molecule has 6 heteroatoms. The Morgan fingerprint density at radius 1 is 1.19 bits per heavy atom. The van der Waals surface area contributed by atoms with E-state index in [9.17, 15) is 4.79 Å². The maximum absolute atomic E-state index is 12.2. The molecular formula is C20H24ClIN2O2. The lowest BCUT2D eigenvalue weighted by Gasteiger charge is -2.41. The van der Waals surface area contributed by atoms with Crippen LogP contribution in [-0.4, -0.2) is 43.7 Å². The molecular weight excluding hydrogens is 463 g/mol. The van der Waals surface area contributed by atoms with E-state index in [0.29, 0.717) is 13.0 Å². The van der Waals surface area contributed by atoms with E-state index in [1.54, 1.807) is 0 Å². The van der Waals surface area contributed by atoms with E-state index >= 15 is 0 Å². The third-order valence-electron chi connectivity index (χ3n) is 4.73. The van der Waals surface area contributed by atoms with Crippen molar-refractivity contribution >= 4 is 23.2 Å².